The SMILES string of the molecule is CCOC(=O)c1c(CNC(=N)N)n(C)c2cc(OC)c(-c3cccc4ccccc34)cc12. The minimum Gasteiger partial charge on any atom is -0.496 e. The Labute approximate surface area is 186 Å². The Kier molecular flexibility index (Phi) is 5.73. The lowest BCUT2D eigenvalue weighted by molar-refractivity contribution is 0.0527. The van der Waals surface area contributed by atoms with Crippen molar-refractivity contribution in [1.82, 2.24) is 9.88 Å². The predicted octanol–water partition coefficient (Wildman–Crippen LogP) is 4.17. The number of fused-ring (bicyclic) bond motifs is 2. The van der Waals surface area contributed by atoms with Crippen LogP contribution in [-0.4, -0.2) is 30.2 Å². The van der Waals surface area contributed by atoms with Gasteiger partial charge in [-0.05, 0) is 29.3 Å². The first-order valence-corrected chi connectivity index (χ1v) is 10.4. The molecule has 7 heteroatoms. The van der Waals surface area contributed by atoms with Gasteiger partial charge in [-0.2, -0.15) is 0 Å². The van der Waals surface area contributed by atoms with Gasteiger partial charge in [0.2, 0.25) is 0 Å². The smallest absolute Gasteiger partial charge is 0.340 e. The first kappa shape index (κ1) is 21.2. The van der Waals surface area contributed by atoms with Crippen LogP contribution in [0, 0.1) is 5.41 Å². The summed E-state index contributed by atoms with van der Waals surface area (Å²) in [6, 6.07) is 18.2. The van der Waals surface area contributed by atoms with Crippen LogP contribution < -0.4 is 15.8 Å². The van der Waals surface area contributed by atoms with Crippen molar-refractivity contribution in [3.8, 4) is 16.9 Å². The molecule has 0 aliphatic heterocycles. The predicted molar refractivity (Wildman–Crippen MR) is 127 cm³/mol. The molecule has 32 heavy (non-hydrogen) atoms. The molecule has 0 fully saturated rings. The molecule has 0 unspecified atom stereocenters. The molecule has 0 spiro atoms. The van der Waals surface area contributed by atoms with E-state index in [1.54, 1.807) is 14.0 Å². The summed E-state index contributed by atoms with van der Waals surface area (Å²) in [5.41, 5.74) is 9.37. The molecular formula is C25H26N4O3. The molecule has 0 aliphatic carbocycles. The largest absolute Gasteiger partial charge is 0.496 e. The monoisotopic (exact) mass is 430 g/mol. The van der Waals surface area contributed by atoms with Crippen molar-refractivity contribution in [3.05, 3.63) is 65.9 Å². The number of aromatic nitrogens is 1. The summed E-state index contributed by atoms with van der Waals surface area (Å²) in [4.78, 5) is 13.0. The van der Waals surface area contributed by atoms with Crippen LogP contribution in [0.5, 0.6) is 5.75 Å². The van der Waals surface area contributed by atoms with E-state index in [4.69, 9.17) is 20.6 Å². The van der Waals surface area contributed by atoms with Gasteiger partial charge in [-0.25, -0.2) is 4.79 Å². The average molecular weight is 431 g/mol. The number of esters is 1. The average Bonchev–Trinajstić information content (AvgIpc) is 3.07. The Morgan fingerprint density at radius 1 is 1.09 bits per heavy atom. The number of aryl methyl sites for hydroxylation is 1. The van der Waals surface area contributed by atoms with Crippen molar-refractivity contribution in [2.75, 3.05) is 13.7 Å². The third-order valence-electron chi connectivity index (χ3n) is 5.65. The van der Waals surface area contributed by atoms with E-state index in [1.807, 2.05) is 41.9 Å². The lowest BCUT2D eigenvalue weighted by atomic mass is 9.95. The Morgan fingerprint density at radius 3 is 2.56 bits per heavy atom. The Balaban J connectivity index is 2.02. The summed E-state index contributed by atoms with van der Waals surface area (Å²) in [6.07, 6.45) is 0. The van der Waals surface area contributed by atoms with Crippen LogP contribution in [0.1, 0.15) is 23.0 Å². The lowest BCUT2D eigenvalue weighted by Crippen LogP contribution is -2.31. The number of hydrogen-bond donors (Lipinski definition) is 3. The molecule has 164 valence electrons. The van der Waals surface area contributed by atoms with Crippen LogP contribution in [0.15, 0.2) is 54.6 Å². The van der Waals surface area contributed by atoms with Crippen molar-refractivity contribution >= 4 is 33.6 Å². The molecule has 1 aromatic heterocycles. The third kappa shape index (κ3) is 3.62. The molecular weight excluding hydrogens is 404 g/mol. The summed E-state index contributed by atoms with van der Waals surface area (Å²) in [5.74, 6) is 0.127. The second kappa shape index (κ2) is 8.63. The number of benzene rings is 3. The van der Waals surface area contributed by atoms with Crippen molar-refractivity contribution in [1.29, 1.82) is 5.41 Å². The summed E-state index contributed by atoms with van der Waals surface area (Å²) < 4.78 is 13.1. The number of nitrogens with one attached hydrogen (secondary N) is 2. The number of carbonyl (C=O) groups excluding carboxylic acids is 1. The molecule has 0 saturated carbocycles. The van der Waals surface area contributed by atoms with Gasteiger partial charge in [0.1, 0.15) is 5.75 Å². The highest BCUT2D eigenvalue weighted by molar-refractivity contribution is 6.09. The molecule has 0 bridgehead atoms. The third-order valence-corrected chi connectivity index (χ3v) is 5.65. The molecule has 3 aromatic carbocycles. The van der Waals surface area contributed by atoms with E-state index in [1.165, 1.54) is 0 Å². The van der Waals surface area contributed by atoms with Crippen LogP contribution in [0.2, 0.25) is 0 Å². The number of nitrogens with two attached hydrogens (primary N) is 1. The molecule has 0 amide bonds. The molecule has 0 saturated heterocycles. The van der Waals surface area contributed by atoms with E-state index in [0.29, 0.717) is 17.0 Å². The summed E-state index contributed by atoms with van der Waals surface area (Å²) >= 11 is 0. The maximum Gasteiger partial charge on any atom is 0.340 e. The first-order valence-electron chi connectivity index (χ1n) is 10.4. The van der Waals surface area contributed by atoms with Gasteiger partial charge in [-0.3, -0.25) is 5.41 Å². The number of ether oxygens (including phenoxy) is 2. The van der Waals surface area contributed by atoms with Gasteiger partial charge in [-0.15, -0.1) is 0 Å². The number of carbonyl (C=O) groups is 1. The fraction of sp³-hybridized carbons (Fsp3) is 0.200. The fourth-order valence-electron chi connectivity index (χ4n) is 4.17. The van der Waals surface area contributed by atoms with Gasteiger partial charge < -0.3 is 25.1 Å². The summed E-state index contributed by atoms with van der Waals surface area (Å²) in [5, 5.41) is 13.3. The molecule has 7 nitrogen and oxygen atoms in total. The first-order chi connectivity index (χ1) is 15.5. The Hall–Kier alpha value is -4.00. The van der Waals surface area contributed by atoms with E-state index in [-0.39, 0.29) is 19.1 Å². The van der Waals surface area contributed by atoms with Gasteiger partial charge in [0.05, 0.1) is 37.0 Å². The zero-order valence-corrected chi connectivity index (χ0v) is 18.4. The number of rotatable bonds is 6. The minimum atomic E-state index is -0.410. The zero-order chi connectivity index (χ0) is 22.8. The molecule has 4 aromatic rings. The number of nitrogens with zero attached hydrogens (tertiary/aromatic N) is 1. The number of hydrogen-bond acceptors (Lipinski definition) is 4. The molecule has 0 atom stereocenters. The van der Waals surface area contributed by atoms with E-state index in [2.05, 4.69) is 29.6 Å². The van der Waals surface area contributed by atoms with Gasteiger partial charge in [0.25, 0.3) is 0 Å². The van der Waals surface area contributed by atoms with Crippen LogP contribution in [0.3, 0.4) is 0 Å². The van der Waals surface area contributed by atoms with Crippen molar-refractivity contribution < 1.29 is 14.3 Å². The van der Waals surface area contributed by atoms with Gasteiger partial charge in [-0.1, -0.05) is 42.5 Å². The van der Waals surface area contributed by atoms with Crippen molar-refractivity contribution in [2.24, 2.45) is 12.8 Å². The molecule has 1 heterocycles. The topological polar surface area (TPSA) is 102 Å². The van der Waals surface area contributed by atoms with E-state index in [9.17, 15) is 4.79 Å². The summed E-state index contributed by atoms with van der Waals surface area (Å²) in [7, 11) is 3.52. The van der Waals surface area contributed by atoms with Crippen LogP contribution in [0.25, 0.3) is 32.8 Å². The zero-order valence-electron chi connectivity index (χ0n) is 18.4. The van der Waals surface area contributed by atoms with E-state index in [0.717, 1.165) is 32.8 Å². The number of guanidine groups is 1. The Morgan fingerprint density at radius 2 is 1.84 bits per heavy atom. The van der Waals surface area contributed by atoms with Gasteiger partial charge in [0, 0.05) is 24.1 Å². The fourth-order valence-corrected chi connectivity index (χ4v) is 4.17. The van der Waals surface area contributed by atoms with Crippen LogP contribution in [-0.2, 0) is 18.3 Å². The maximum atomic E-state index is 13.0. The normalized spacial score (nSPS) is 11.0. The van der Waals surface area contributed by atoms with E-state index < -0.39 is 5.97 Å². The van der Waals surface area contributed by atoms with Crippen LogP contribution in [0.4, 0.5) is 0 Å². The molecule has 0 radical (unpaired) electrons. The van der Waals surface area contributed by atoms with Crippen LogP contribution >= 0.6 is 0 Å². The summed E-state index contributed by atoms with van der Waals surface area (Å²) in [6.45, 7) is 2.27. The second-order valence-corrected chi connectivity index (χ2v) is 7.46. The molecule has 4 N–H and O–H groups in total. The molecule has 0 aliphatic rings. The minimum absolute atomic E-state index is 0.168. The van der Waals surface area contributed by atoms with Gasteiger partial charge >= 0.3 is 5.97 Å². The standard InChI is InChI=1S/C25H26N4O3/c1-4-32-24(30)23-19-12-18(17-11-7-9-15-8-5-6-10-16(15)17)22(31-3)13-20(19)29(2)21(23)14-28-25(26)27/h5-13H,4,14H2,1-3H3,(H4,26,27,28). The lowest BCUT2D eigenvalue weighted by Gasteiger charge is -2.13. The highest BCUT2D eigenvalue weighted by Gasteiger charge is 2.24. The second-order valence-electron chi connectivity index (χ2n) is 7.46. The van der Waals surface area contributed by atoms with E-state index >= 15 is 0 Å². The highest BCUT2D eigenvalue weighted by Crippen LogP contribution is 2.40. The van der Waals surface area contributed by atoms with Crippen molar-refractivity contribution in [2.45, 2.75) is 13.5 Å². The quantitative estimate of drug-likeness (QED) is 0.242. The highest BCUT2D eigenvalue weighted by atomic mass is 16.5. The van der Waals surface area contributed by atoms with Gasteiger partial charge in [0.15, 0.2) is 5.96 Å². The maximum absolute atomic E-state index is 13.0. The Bertz CT molecular complexity index is 1340. The molecule has 4 rings (SSSR count). The van der Waals surface area contributed by atoms with Crippen molar-refractivity contribution in [3.63, 3.8) is 0 Å². The number of methoxy groups -OCH3 is 1.